The van der Waals surface area contributed by atoms with Crippen molar-refractivity contribution in [2.75, 3.05) is 6.61 Å². The van der Waals surface area contributed by atoms with E-state index in [0.717, 1.165) is 32.6 Å². The summed E-state index contributed by atoms with van der Waals surface area (Å²) in [6.45, 7) is 1.29. The van der Waals surface area contributed by atoms with Gasteiger partial charge < -0.3 is 9.84 Å². The van der Waals surface area contributed by atoms with Crippen LogP contribution in [-0.4, -0.2) is 53.5 Å². The van der Waals surface area contributed by atoms with Crippen molar-refractivity contribution in [3.8, 4) is 39.0 Å². The number of ether oxygens (including phenoxy) is 1. The number of rotatable bonds is 5. The Hall–Kier alpha value is -3.25. The molecule has 1 aliphatic heterocycles. The molecule has 0 saturated heterocycles. The predicted octanol–water partition coefficient (Wildman–Crippen LogP) is 3.81. The molecule has 12 heteroatoms. The van der Waals surface area contributed by atoms with E-state index in [1.54, 1.807) is 17.8 Å². The van der Waals surface area contributed by atoms with Gasteiger partial charge in [0, 0.05) is 28.6 Å². The number of hydrogen-bond acceptors (Lipinski definition) is 7. The van der Waals surface area contributed by atoms with Gasteiger partial charge in [0.05, 0.1) is 31.1 Å². The van der Waals surface area contributed by atoms with Crippen LogP contribution in [0, 0.1) is 0 Å². The summed E-state index contributed by atoms with van der Waals surface area (Å²) >= 11 is 1.30. The monoisotopic (exact) mass is 476 g/mol. The summed E-state index contributed by atoms with van der Waals surface area (Å²) in [7, 11) is 0. The SMILES string of the molecule is CC(O)Cn1cc(-c2ccc3c(c2)OCCc2sc(-c4ncnn4CC(F)(F)F)nc2-3)cn1. The lowest BCUT2D eigenvalue weighted by molar-refractivity contribution is -0.142. The lowest BCUT2D eigenvalue weighted by Crippen LogP contribution is -2.19. The molecule has 4 aromatic rings. The van der Waals surface area contributed by atoms with E-state index in [2.05, 4.69) is 20.2 Å². The first kappa shape index (κ1) is 21.6. The molecule has 1 unspecified atom stereocenters. The van der Waals surface area contributed by atoms with Crippen LogP contribution in [0.1, 0.15) is 11.8 Å². The summed E-state index contributed by atoms with van der Waals surface area (Å²) in [5.74, 6) is 0.734. The van der Waals surface area contributed by atoms with Crippen molar-refractivity contribution in [2.45, 2.75) is 38.7 Å². The Labute approximate surface area is 190 Å². The molecule has 33 heavy (non-hydrogen) atoms. The second kappa shape index (κ2) is 8.27. The average Bonchev–Trinajstić information content (AvgIpc) is 3.45. The Morgan fingerprint density at radius 1 is 1.24 bits per heavy atom. The number of fused-ring (bicyclic) bond motifs is 3. The highest BCUT2D eigenvalue weighted by molar-refractivity contribution is 7.15. The van der Waals surface area contributed by atoms with E-state index in [4.69, 9.17) is 4.74 Å². The molecule has 1 aliphatic rings. The Morgan fingerprint density at radius 2 is 2.09 bits per heavy atom. The van der Waals surface area contributed by atoms with Gasteiger partial charge in [0.25, 0.3) is 0 Å². The van der Waals surface area contributed by atoms with Crippen LogP contribution >= 0.6 is 11.3 Å². The maximum atomic E-state index is 12.9. The largest absolute Gasteiger partial charge is 0.492 e. The Kier molecular flexibility index (Phi) is 5.41. The second-order valence-corrected chi connectivity index (χ2v) is 8.84. The Morgan fingerprint density at radius 3 is 2.88 bits per heavy atom. The zero-order valence-corrected chi connectivity index (χ0v) is 18.3. The van der Waals surface area contributed by atoms with Gasteiger partial charge in [-0.2, -0.15) is 23.4 Å². The smallest absolute Gasteiger partial charge is 0.408 e. The minimum atomic E-state index is -4.41. The minimum absolute atomic E-state index is 0.0926. The first-order chi connectivity index (χ1) is 15.8. The van der Waals surface area contributed by atoms with Crippen molar-refractivity contribution in [3.63, 3.8) is 0 Å². The first-order valence-electron chi connectivity index (χ1n) is 10.2. The summed E-state index contributed by atoms with van der Waals surface area (Å²) in [6.07, 6.45) is 0.348. The molecule has 1 atom stereocenters. The van der Waals surface area contributed by atoms with Gasteiger partial charge in [-0.25, -0.2) is 14.6 Å². The quantitative estimate of drug-likeness (QED) is 0.471. The van der Waals surface area contributed by atoms with Gasteiger partial charge in [-0.1, -0.05) is 6.07 Å². The fraction of sp³-hybridized carbons (Fsp3) is 0.333. The Bertz CT molecular complexity index is 1290. The van der Waals surface area contributed by atoms with Crippen LogP contribution in [0.3, 0.4) is 0 Å². The highest BCUT2D eigenvalue weighted by Gasteiger charge is 2.31. The number of aromatic nitrogens is 6. The summed E-state index contributed by atoms with van der Waals surface area (Å²) in [6, 6.07) is 5.72. The molecule has 1 N–H and O–H groups in total. The van der Waals surface area contributed by atoms with Crippen molar-refractivity contribution in [1.82, 2.24) is 29.5 Å². The lowest BCUT2D eigenvalue weighted by atomic mass is 10.0. The molecular weight excluding hydrogens is 457 g/mol. The lowest BCUT2D eigenvalue weighted by Gasteiger charge is -2.09. The third-order valence-corrected chi connectivity index (χ3v) is 6.19. The molecule has 4 heterocycles. The van der Waals surface area contributed by atoms with Crippen LogP contribution in [0.15, 0.2) is 36.9 Å². The second-order valence-electron chi connectivity index (χ2n) is 7.76. The highest BCUT2D eigenvalue weighted by atomic mass is 32.1. The molecule has 8 nitrogen and oxygen atoms in total. The van der Waals surface area contributed by atoms with Gasteiger partial charge in [-0.3, -0.25) is 4.68 Å². The van der Waals surface area contributed by atoms with Gasteiger partial charge in [0.15, 0.2) is 10.8 Å². The van der Waals surface area contributed by atoms with Crippen molar-refractivity contribution in [1.29, 1.82) is 0 Å². The molecule has 5 rings (SSSR count). The summed E-state index contributed by atoms with van der Waals surface area (Å²) in [4.78, 5) is 9.56. The van der Waals surface area contributed by atoms with Gasteiger partial charge >= 0.3 is 6.18 Å². The maximum Gasteiger partial charge on any atom is 0.408 e. The van der Waals surface area contributed by atoms with Gasteiger partial charge in [0.1, 0.15) is 18.6 Å². The van der Waals surface area contributed by atoms with Gasteiger partial charge in [0.2, 0.25) is 0 Å². The third-order valence-electron chi connectivity index (χ3n) is 5.07. The third kappa shape index (κ3) is 4.48. The summed E-state index contributed by atoms with van der Waals surface area (Å²) in [5.41, 5.74) is 3.23. The number of nitrogens with zero attached hydrogens (tertiary/aromatic N) is 6. The molecule has 0 bridgehead atoms. The number of hydrogen-bond donors (Lipinski definition) is 1. The van der Waals surface area contributed by atoms with E-state index in [9.17, 15) is 18.3 Å². The van der Waals surface area contributed by atoms with Crippen molar-refractivity contribution in [2.24, 2.45) is 0 Å². The summed E-state index contributed by atoms with van der Waals surface area (Å²) in [5, 5.41) is 17.9. The normalized spacial score (nSPS) is 14.3. The van der Waals surface area contributed by atoms with Crippen molar-refractivity contribution in [3.05, 3.63) is 41.8 Å². The Balaban J connectivity index is 1.49. The van der Waals surface area contributed by atoms with E-state index in [-0.39, 0.29) is 5.82 Å². The van der Waals surface area contributed by atoms with E-state index in [0.29, 0.717) is 36.0 Å². The summed E-state index contributed by atoms with van der Waals surface area (Å²) < 4.78 is 47.1. The fourth-order valence-corrected chi connectivity index (χ4v) is 4.75. The molecule has 0 fully saturated rings. The van der Waals surface area contributed by atoms with E-state index >= 15 is 0 Å². The molecular formula is C21H19F3N6O2S. The van der Waals surface area contributed by atoms with Crippen LogP contribution in [0.4, 0.5) is 13.2 Å². The number of halogens is 3. The molecule has 0 amide bonds. The molecule has 172 valence electrons. The standard InChI is InChI=1S/C21H19F3N6O2S/c1-12(31)8-29-9-14(7-26-29)13-2-3-15-16(6-13)32-5-4-17-18(15)28-20(33-17)19-25-11-27-30(19)10-21(22,23)24/h2-3,6-7,9,11-12,31H,4-5,8,10H2,1H3. The molecule has 0 radical (unpaired) electrons. The van der Waals surface area contributed by atoms with Crippen molar-refractivity contribution >= 4 is 11.3 Å². The average molecular weight is 476 g/mol. The van der Waals surface area contributed by atoms with E-state index in [1.807, 2.05) is 24.4 Å². The van der Waals surface area contributed by atoms with E-state index < -0.39 is 18.8 Å². The topological polar surface area (TPSA) is 90.9 Å². The maximum absolute atomic E-state index is 12.9. The fourth-order valence-electron chi connectivity index (χ4n) is 3.70. The molecule has 0 saturated carbocycles. The minimum Gasteiger partial charge on any atom is -0.492 e. The number of aliphatic hydroxyl groups excluding tert-OH is 1. The van der Waals surface area contributed by atoms with Gasteiger partial charge in [-0.15, -0.1) is 11.3 Å². The molecule has 1 aromatic carbocycles. The van der Waals surface area contributed by atoms with Crippen molar-refractivity contribution < 1.29 is 23.0 Å². The zero-order chi connectivity index (χ0) is 23.2. The first-order valence-corrected chi connectivity index (χ1v) is 11.0. The van der Waals surface area contributed by atoms with E-state index in [1.165, 1.54) is 11.3 Å². The van der Waals surface area contributed by atoms with Crippen LogP contribution in [0.5, 0.6) is 5.75 Å². The number of thiazole rings is 1. The van der Waals surface area contributed by atoms with Crippen LogP contribution in [-0.2, 0) is 19.5 Å². The number of alkyl halides is 3. The zero-order valence-electron chi connectivity index (χ0n) is 17.5. The highest BCUT2D eigenvalue weighted by Crippen LogP contribution is 2.41. The number of benzene rings is 1. The van der Waals surface area contributed by atoms with Crippen LogP contribution in [0.2, 0.25) is 0 Å². The predicted molar refractivity (Wildman–Crippen MR) is 115 cm³/mol. The molecule has 3 aromatic heterocycles. The van der Waals surface area contributed by atoms with Crippen LogP contribution in [0.25, 0.3) is 33.2 Å². The molecule has 0 spiro atoms. The number of aliphatic hydroxyl groups is 1. The van der Waals surface area contributed by atoms with Crippen LogP contribution < -0.4 is 4.74 Å². The van der Waals surface area contributed by atoms with Gasteiger partial charge in [-0.05, 0) is 24.6 Å². The molecule has 0 aliphatic carbocycles.